The number of hydrogen-bond acceptors (Lipinski definition) is 3. The zero-order valence-corrected chi connectivity index (χ0v) is 14.2. The molecule has 1 heterocycles. The van der Waals surface area contributed by atoms with Crippen LogP contribution < -0.4 is 10.9 Å². The van der Waals surface area contributed by atoms with Crippen molar-refractivity contribution in [1.29, 1.82) is 0 Å². The molecule has 1 aromatic heterocycles. The lowest BCUT2D eigenvalue weighted by Crippen LogP contribution is -2.28. The number of anilines is 1. The van der Waals surface area contributed by atoms with Crippen LogP contribution in [0.5, 0.6) is 0 Å². The summed E-state index contributed by atoms with van der Waals surface area (Å²) in [4.78, 5) is 28.8. The van der Waals surface area contributed by atoms with Gasteiger partial charge in [0.1, 0.15) is 6.54 Å². The number of carbonyl (C=O) groups excluding carboxylic acids is 1. The maximum atomic E-state index is 12.4. The number of carbonyl (C=O) groups is 1. The van der Waals surface area contributed by atoms with E-state index < -0.39 is 0 Å². The molecule has 0 atom stereocenters. The zero-order valence-electron chi connectivity index (χ0n) is 12.7. The van der Waals surface area contributed by atoms with Gasteiger partial charge in [0.05, 0.1) is 17.2 Å². The van der Waals surface area contributed by atoms with Crippen LogP contribution in [0.1, 0.15) is 5.56 Å². The van der Waals surface area contributed by atoms with Crippen LogP contribution in [0.25, 0.3) is 10.9 Å². The van der Waals surface area contributed by atoms with Gasteiger partial charge in [-0.25, -0.2) is 4.98 Å². The molecular formula is C17H13Cl2N3O2. The molecule has 0 radical (unpaired) electrons. The molecule has 0 spiro atoms. The number of amides is 1. The second kappa shape index (κ2) is 6.63. The topological polar surface area (TPSA) is 64.0 Å². The molecule has 0 aliphatic heterocycles. The average molecular weight is 362 g/mol. The number of benzene rings is 2. The van der Waals surface area contributed by atoms with Gasteiger partial charge in [-0.2, -0.15) is 0 Å². The van der Waals surface area contributed by atoms with Crippen LogP contribution >= 0.6 is 23.2 Å². The van der Waals surface area contributed by atoms with E-state index in [0.29, 0.717) is 26.6 Å². The SMILES string of the molecule is Cc1c(Cl)cccc1NC(=O)Cn1cnc2cc(Cl)ccc2c1=O. The second-order valence-corrected chi connectivity index (χ2v) is 6.14. The number of halogens is 2. The number of rotatable bonds is 3. The Balaban J connectivity index is 1.86. The maximum Gasteiger partial charge on any atom is 0.261 e. The first-order valence-electron chi connectivity index (χ1n) is 7.15. The van der Waals surface area contributed by atoms with Gasteiger partial charge in [-0.3, -0.25) is 14.2 Å². The van der Waals surface area contributed by atoms with Crippen molar-refractivity contribution in [2.45, 2.75) is 13.5 Å². The normalized spacial score (nSPS) is 10.8. The maximum absolute atomic E-state index is 12.4. The Hall–Kier alpha value is -2.37. The molecule has 0 saturated carbocycles. The molecule has 1 amide bonds. The predicted octanol–water partition coefficient (Wildman–Crippen LogP) is 3.65. The lowest BCUT2D eigenvalue weighted by molar-refractivity contribution is -0.116. The van der Waals surface area contributed by atoms with E-state index in [9.17, 15) is 9.59 Å². The van der Waals surface area contributed by atoms with Crippen LogP contribution in [0, 0.1) is 6.92 Å². The smallest absolute Gasteiger partial charge is 0.261 e. The first-order chi connectivity index (χ1) is 11.5. The number of nitrogens with zero attached hydrogens (tertiary/aromatic N) is 2. The molecule has 0 aliphatic rings. The monoisotopic (exact) mass is 361 g/mol. The van der Waals surface area contributed by atoms with Crippen molar-refractivity contribution < 1.29 is 4.79 Å². The van der Waals surface area contributed by atoms with Crippen molar-refractivity contribution in [1.82, 2.24) is 9.55 Å². The molecule has 0 aliphatic carbocycles. The van der Waals surface area contributed by atoms with Crippen LogP contribution in [-0.2, 0) is 11.3 Å². The molecular weight excluding hydrogens is 349 g/mol. The van der Waals surface area contributed by atoms with Gasteiger partial charge in [-0.1, -0.05) is 29.3 Å². The lowest BCUT2D eigenvalue weighted by atomic mass is 10.2. The fourth-order valence-electron chi connectivity index (χ4n) is 2.33. The van der Waals surface area contributed by atoms with Gasteiger partial charge < -0.3 is 5.32 Å². The van der Waals surface area contributed by atoms with E-state index in [1.165, 1.54) is 10.9 Å². The molecule has 7 heteroatoms. The van der Waals surface area contributed by atoms with Gasteiger partial charge in [-0.05, 0) is 42.8 Å². The molecule has 0 saturated heterocycles. The Labute approximate surface area is 147 Å². The van der Waals surface area contributed by atoms with Crippen molar-refractivity contribution in [3.8, 4) is 0 Å². The number of aromatic nitrogens is 2. The third kappa shape index (κ3) is 3.27. The van der Waals surface area contributed by atoms with E-state index in [1.54, 1.807) is 36.4 Å². The highest BCUT2D eigenvalue weighted by Crippen LogP contribution is 2.22. The summed E-state index contributed by atoms with van der Waals surface area (Å²) in [6, 6.07) is 10.1. The Kier molecular flexibility index (Phi) is 4.55. The van der Waals surface area contributed by atoms with Crippen LogP contribution in [0.4, 0.5) is 5.69 Å². The Morgan fingerprint density at radius 2 is 2.04 bits per heavy atom. The fourth-order valence-corrected chi connectivity index (χ4v) is 2.67. The molecule has 0 bridgehead atoms. The molecule has 122 valence electrons. The zero-order chi connectivity index (χ0) is 17.3. The summed E-state index contributed by atoms with van der Waals surface area (Å²) in [6.07, 6.45) is 1.34. The Morgan fingerprint density at radius 1 is 1.25 bits per heavy atom. The largest absolute Gasteiger partial charge is 0.324 e. The van der Waals surface area contributed by atoms with Crippen LogP contribution in [0.15, 0.2) is 47.5 Å². The molecule has 0 unspecified atom stereocenters. The van der Waals surface area contributed by atoms with E-state index in [-0.39, 0.29) is 18.0 Å². The van der Waals surface area contributed by atoms with Gasteiger partial charge >= 0.3 is 0 Å². The number of nitrogens with one attached hydrogen (secondary N) is 1. The third-order valence-electron chi connectivity index (χ3n) is 3.64. The van der Waals surface area contributed by atoms with Crippen molar-refractivity contribution in [3.63, 3.8) is 0 Å². The summed E-state index contributed by atoms with van der Waals surface area (Å²) < 4.78 is 1.26. The van der Waals surface area contributed by atoms with Gasteiger partial charge in [0, 0.05) is 15.7 Å². The molecule has 0 fully saturated rings. The van der Waals surface area contributed by atoms with Crippen molar-refractivity contribution in [2.75, 3.05) is 5.32 Å². The van der Waals surface area contributed by atoms with Crippen molar-refractivity contribution >= 4 is 45.7 Å². The number of hydrogen-bond donors (Lipinski definition) is 1. The summed E-state index contributed by atoms with van der Waals surface area (Å²) >= 11 is 11.9. The predicted molar refractivity (Wildman–Crippen MR) is 95.8 cm³/mol. The lowest BCUT2D eigenvalue weighted by Gasteiger charge is -2.11. The first kappa shape index (κ1) is 16.5. The molecule has 1 N–H and O–H groups in total. The summed E-state index contributed by atoms with van der Waals surface area (Å²) in [5, 5.41) is 4.23. The van der Waals surface area contributed by atoms with Gasteiger partial charge in [0.15, 0.2) is 0 Å². The molecule has 2 aromatic carbocycles. The van der Waals surface area contributed by atoms with E-state index in [4.69, 9.17) is 23.2 Å². The quantitative estimate of drug-likeness (QED) is 0.774. The van der Waals surface area contributed by atoms with Crippen molar-refractivity contribution in [3.05, 3.63) is 68.7 Å². The standard InChI is InChI=1S/C17H13Cl2N3O2/c1-10-13(19)3-2-4-14(10)21-16(23)8-22-9-20-15-7-11(18)5-6-12(15)17(22)24/h2-7,9H,8H2,1H3,(H,21,23). The fraction of sp³-hybridized carbons (Fsp3) is 0.118. The molecule has 3 aromatic rings. The Bertz CT molecular complexity index is 999. The number of fused-ring (bicyclic) bond motifs is 1. The average Bonchev–Trinajstić information content (AvgIpc) is 2.54. The first-order valence-corrected chi connectivity index (χ1v) is 7.91. The van der Waals surface area contributed by atoms with E-state index in [0.717, 1.165) is 5.56 Å². The van der Waals surface area contributed by atoms with Crippen LogP contribution in [0.3, 0.4) is 0 Å². The highest BCUT2D eigenvalue weighted by molar-refractivity contribution is 6.32. The van der Waals surface area contributed by atoms with Gasteiger partial charge in [0.25, 0.3) is 5.56 Å². The molecule has 5 nitrogen and oxygen atoms in total. The van der Waals surface area contributed by atoms with E-state index >= 15 is 0 Å². The van der Waals surface area contributed by atoms with Crippen LogP contribution in [-0.4, -0.2) is 15.5 Å². The summed E-state index contributed by atoms with van der Waals surface area (Å²) in [7, 11) is 0. The highest BCUT2D eigenvalue weighted by Gasteiger charge is 2.10. The van der Waals surface area contributed by atoms with E-state index in [1.807, 2.05) is 6.92 Å². The van der Waals surface area contributed by atoms with Gasteiger partial charge in [-0.15, -0.1) is 0 Å². The van der Waals surface area contributed by atoms with E-state index in [2.05, 4.69) is 10.3 Å². The summed E-state index contributed by atoms with van der Waals surface area (Å²) in [5.41, 5.74) is 1.58. The minimum atomic E-state index is -0.336. The molecule has 24 heavy (non-hydrogen) atoms. The van der Waals surface area contributed by atoms with Crippen molar-refractivity contribution in [2.24, 2.45) is 0 Å². The second-order valence-electron chi connectivity index (χ2n) is 5.30. The van der Waals surface area contributed by atoms with Crippen LogP contribution in [0.2, 0.25) is 10.0 Å². The minimum absolute atomic E-state index is 0.143. The highest BCUT2D eigenvalue weighted by atomic mass is 35.5. The van der Waals surface area contributed by atoms with Gasteiger partial charge in [0.2, 0.25) is 5.91 Å². The Morgan fingerprint density at radius 3 is 2.83 bits per heavy atom. The summed E-state index contributed by atoms with van der Waals surface area (Å²) in [5.74, 6) is -0.336. The third-order valence-corrected chi connectivity index (χ3v) is 4.29. The molecule has 3 rings (SSSR count). The minimum Gasteiger partial charge on any atom is -0.324 e. The summed E-state index contributed by atoms with van der Waals surface area (Å²) in [6.45, 7) is 1.67.